The van der Waals surface area contributed by atoms with Crippen LogP contribution in [0.2, 0.25) is 0 Å². The molecule has 20 heavy (non-hydrogen) atoms. The number of aryl methyl sites for hydroxylation is 1. The Labute approximate surface area is 119 Å². The van der Waals surface area contributed by atoms with Crippen molar-refractivity contribution in [2.75, 3.05) is 19.7 Å². The molecule has 0 bridgehead atoms. The fourth-order valence-electron chi connectivity index (χ4n) is 2.28. The van der Waals surface area contributed by atoms with Crippen LogP contribution in [0.3, 0.4) is 0 Å². The third kappa shape index (κ3) is 3.92. The first-order valence-electron chi connectivity index (χ1n) is 6.88. The molecule has 1 amide bonds. The van der Waals surface area contributed by atoms with E-state index in [1.807, 2.05) is 44.2 Å². The van der Waals surface area contributed by atoms with Crippen LogP contribution in [0.15, 0.2) is 30.3 Å². The number of carbonyl (C=O) groups is 1. The van der Waals surface area contributed by atoms with Gasteiger partial charge in [-0.3, -0.25) is 4.79 Å². The van der Waals surface area contributed by atoms with Gasteiger partial charge in [0.25, 0.3) is 0 Å². The summed E-state index contributed by atoms with van der Waals surface area (Å²) in [6.45, 7) is 4.88. The van der Waals surface area contributed by atoms with E-state index in [-0.39, 0.29) is 24.7 Å². The maximum Gasteiger partial charge on any atom is 0.246 e. The fourth-order valence-corrected chi connectivity index (χ4v) is 2.28. The van der Waals surface area contributed by atoms with E-state index < -0.39 is 0 Å². The zero-order valence-corrected chi connectivity index (χ0v) is 12.0. The number of ether oxygens (including phenoxy) is 1. The summed E-state index contributed by atoms with van der Waals surface area (Å²) in [5.41, 5.74) is 2.20. The molecule has 1 aliphatic rings. The predicted molar refractivity (Wildman–Crippen MR) is 78.2 cm³/mol. The molecule has 108 valence electrons. The van der Waals surface area contributed by atoms with Gasteiger partial charge in [-0.15, -0.1) is 0 Å². The number of rotatable bonds is 3. The van der Waals surface area contributed by atoms with Gasteiger partial charge in [-0.25, -0.2) is 0 Å². The van der Waals surface area contributed by atoms with Crippen LogP contribution in [0.1, 0.15) is 18.1 Å². The molecule has 1 heterocycles. The van der Waals surface area contributed by atoms with Crippen LogP contribution in [0.25, 0.3) is 6.08 Å². The molecule has 2 atom stereocenters. The Balaban J connectivity index is 1.98. The highest BCUT2D eigenvalue weighted by Gasteiger charge is 2.26. The van der Waals surface area contributed by atoms with Gasteiger partial charge in [0, 0.05) is 19.2 Å². The lowest BCUT2D eigenvalue weighted by atomic mass is 10.1. The van der Waals surface area contributed by atoms with Gasteiger partial charge < -0.3 is 14.7 Å². The first kappa shape index (κ1) is 14.8. The number of aliphatic hydroxyl groups is 1. The Morgan fingerprint density at radius 1 is 1.40 bits per heavy atom. The number of hydrogen-bond donors (Lipinski definition) is 1. The SMILES string of the molecule is Cc1ccc(/C=C/C(=O)N2CC(C)OC(CO)C2)cc1. The zero-order chi connectivity index (χ0) is 14.5. The number of benzene rings is 1. The predicted octanol–water partition coefficient (Wildman–Crippen LogP) is 1.62. The van der Waals surface area contributed by atoms with Crippen molar-refractivity contribution < 1.29 is 14.6 Å². The summed E-state index contributed by atoms with van der Waals surface area (Å²) in [6, 6.07) is 8.00. The van der Waals surface area contributed by atoms with Crippen molar-refractivity contribution in [3.8, 4) is 0 Å². The minimum absolute atomic E-state index is 0.0424. The van der Waals surface area contributed by atoms with Gasteiger partial charge in [0.05, 0.1) is 18.8 Å². The van der Waals surface area contributed by atoms with Crippen molar-refractivity contribution in [1.29, 1.82) is 0 Å². The zero-order valence-electron chi connectivity index (χ0n) is 12.0. The van der Waals surface area contributed by atoms with Crippen molar-refractivity contribution in [2.45, 2.75) is 26.1 Å². The van der Waals surface area contributed by atoms with Crippen molar-refractivity contribution in [2.24, 2.45) is 0 Å². The smallest absolute Gasteiger partial charge is 0.246 e. The summed E-state index contributed by atoms with van der Waals surface area (Å²) in [4.78, 5) is 13.9. The van der Waals surface area contributed by atoms with E-state index in [4.69, 9.17) is 9.84 Å². The molecule has 1 aromatic carbocycles. The standard InChI is InChI=1S/C16H21NO3/c1-12-3-5-14(6-4-12)7-8-16(19)17-9-13(2)20-15(10-17)11-18/h3-8,13,15,18H,9-11H2,1-2H3/b8-7+. The normalized spacial score (nSPS) is 23.2. The number of hydrogen-bond acceptors (Lipinski definition) is 3. The van der Waals surface area contributed by atoms with E-state index in [1.54, 1.807) is 11.0 Å². The Hall–Kier alpha value is -1.65. The monoisotopic (exact) mass is 275 g/mol. The number of amides is 1. The second kappa shape index (κ2) is 6.68. The van der Waals surface area contributed by atoms with Gasteiger partial charge in [-0.2, -0.15) is 0 Å². The van der Waals surface area contributed by atoms with Gasteiger partial charge >= 0.3 is 0 Å². The lowest BCUT2D eigenvalue weighted by Crippen LogP contribution is -2.49. The van der Waals surface area contributed by atoms with Crippen LogP contribution in [-0.4, -0.2) is 47.8 Å². The van der Waals surface area contributed by atoms with Gasteiger partial charge in [0.1, 0.15) is 0 Å². The van der Waals surface area contributed by atoms with Gasteiger partial charge in [-0.05, 0) is 25.5 Å². The third-order valence-corrected chi connectivity index (χ3v) is 3.34. The Bertz CT molecular complexity index is 481. The molecule has 1 aromatic rings. The minimum atomic E-state index is -0.282. The number of aliphatic hydroxyl groups excluding tert-OH is 1. The summed E-state index contributed by atoms with van der Waals surface area (Å²) in [5, 5.41) is 9.16. The summed E-state index contributed by atoms with van der Waals surface area (Å²) in [5.74, 6) is -0.0424. The van der Waals surface area contributed by atoms with Gasteiger partial charge in [-0.1, -0.05) is 29.8 Å². The molecule has 1 N–H and O–H groups in total. The van der Waals surface area contributed by atoms with Crippen LogP contribution in [0.4, 0.5) is 0 Å². The lowest BCUT2D eigenvalue weighted by molar-refractivity contribution is -0.142. The quantitative estimate of drug-likeness (QED) is 0.853. The molecule has 4 heteroatoms. The third-order valence-electron chi connectivity index (χ3n) is 3.34. The van der Waals surface area contributed by atoms with E-state index in [0.717, 1.165) is 5.56 Å². The highest BCUT2D eigenvalue weighted by atomic mass is 16.5. The highest BCUT2D eigenvalue weighted by Crippen LogP contribution is 2.12. The highest BCUT2D eigenvalue weighted by molar-refractivity contribution is 5.91. The molecular formula is C16H21NO3. The summed E-state index contributed by atoms with van der Waals surface area (Å²) in [7, 11) is 0. The largest absolute Gasteiger partial charge is 0.394 e. The van der Waals surface area contributed by atoms with Crippen molar-refractivity contribution in [3.05, 3.63) is 41.5 Å². The molecule has 0 spiro atoms. The number of morpholine rings is 1. The molecule has 0 radical (unpaired) electrons. The number of nitrogens with zero attached hydrogens (tertiary/aromatic N) is 1. The molecule has 1 fully saturated rings. The van der Waals surface area contributed by atoms with E-state index >= 15 is 0 Å². The lowest BCUT2D eigenvalue weighted by Gasteiger charge is -2.35. The van der Waals surface area contributed by atoms with E-state index in [1.165, 1.54) is 5.56 Å². The molecule has 0 saturated carbocycles. The van der Waals surface area contributed by atoms with Crippen LogP contribution in [0, 0.1) is 6.92 Å². The number of carbonyl (C=O) groups excluding carboxylic acids is 1. The molecule has 2 unspecified atom stereocenters. The first-order valence-corrected chi connectivity index (χ1v) is 6.88. The van der Waals surface area contributed by atoms with E-state index in [0.29, 0.717) is 13.1 Å². The van der Waals surface area contributed by atoms with Crippen molar-refractivity contribution in [3.63, 3.8) is 0 Å². The molecule has 1 saturated heterocycles. The van der Waals surface area contributed by atoms with Crippen molar-refractivity contribution in [1.82, 2.24) is 4.90 Å². The second-order valence-corrected chi connectivity index (χ2v) is 5.24. The fraction of sp³-hybridized carbons (Fsp3) is 0.438. The first-order chi connectivity index (χ1) is 9.58. The van der Waals surface area contributed by atoms with Gasteiger partial charge in [0.15, 0.2) is 0 Å². The van der Waals surface area contributed by atoms with Crippen molar-refractivity contribution >= 4 is 12.0 Å². The maximum absolute atomic E-state index is 12.1. The average molecular weight is 275 g/mol. The molecular weight excluding hydrogens is 254 g/mol. The molecule has 0 aromatic heterocycles. The maximum atomic E-state index is 12.1. The molecule has 4 nitrogen and oxygen atoms in total. The van der Waals surface area contributed by atoms with Crippen LogP contribution in [-0.2, 0) is 9.53 Å². The molecule has 2 rings (SSSR count). The summed E-state index contributed by atoms with van der Waals surface area (Å²) in [6.07, 6.45) is 3.07. The average Bonchev–Trinajstić information content (AvgIpc) is 2.45. The van der Waals surface area contributed by atoms with E-state index in [2.05, 4.69) is 0 Å². The Kier molecular flexibility index (Phi) is 4.93. The second-order valence-electron chi connectivity index (χ2n) is 5.24. The molecule has 0 aliphatic carbocycles. The Morgan fingerprint density at radius 3 is 2.75 bits per heavy atom. The molecule has 1 aliphatic heterocycles. The Morgan fingerprint density at radius 2 is 2.10 bits per heavy atom. The summed E-state index contributed by atoms with van der Waals surface area (Å²) >= 11 is 0. The summed E-state index contributed by atoms with van der Waals surface area (Å²) < 4.78 is 5.52. The minimum Gasteiger partial charge on any atom is -0.394 e. The van der Waals surface area contributed by atoms with Crippen LogP contribution < -0.4 is 0 Å². The van der Waals surface area contributed by atoms with Crippen LogP contribution >= 0.6 is 0 Å². The van der Waals surface area contributed by atoms with Gasteiger partial charge in [0.2, 0.25) is 5.91 Å². The topological polar surface area (TPSA) is 49.8 Å². The van der Waals surface area contributed by atoms with Crippen LogP contribution in [0.5, 0.6) is 0 Å². The van der Waals surface area contributed by atoms with E-state index in [9.17, 15) is 4.79 Å².